The van der Waals surface area contributed by atoms with Crippen molar-refractivity contribution in [2.24, 2.45) is 10.7 Å². The van der Waals surface area contributed by atoms with Gasteiger partial charge in [0.25, 0.3) is 6.02 Å². The highest BCUT2D eigenvalue weighted by Crippen LogP contribution is 2.03. The van der Waals surface area contributed by atoms with Gasteiger partial charge in [0, 0.05) is 0 Å². The van der Waals surface area contributed by atoms with Crippen LogP contribution in [0.3, 0.4) is 0 Å². The summed E-state index contributed by atoms with van der Waals surface area (Å²) in [6.07, 6.45) is 1.24. The Hall–Kier alpha value is -0.730. The molecular formula is C5H10N2O. The van der Waals surface area contributed by atoms with E-state index in [9.17, 15) is 0 Å². The second kappa shape index (κ2) is 2.03. The molecule has 3 heteroatoms. The van der Waals surface area contributed by atoms with Gasteiger partial charge < -0.3 is 10.5 Å². The van der Waals surface area contributed by atoms with E-state index in [1.807, 2.05) is 0 Å². The molecule has 0 radical (unpaired) electrons. The van der Waals surface area contributed by atoms with Crippen molar-refractivity contribution < 1.29 is 4.74 Å². The molecule has 0 fully saturated rings. The fourth-order valence-electron chi connectivity index (χ4n) is 0.650. The van der Waals surface area contributed by atoms with Gasteiger partial charge in [-0.1, -0.05) is 6.92 Å². The number of amidine groups is 1. The Bertz CT molecular complexity index is 111. The minimum absolute atomic E-state index is 0.245. The maximum atomic E-state index is 5.23. The van der Waals surface area contributed by atoms with Gasteiger partial charge in [-0.3, -0.25) is 0 Å². The summed E-state index contributed by atoms with van der Waals surface area (Å²) in [5.41, 5.74) is 5.23. The molecule has 0 spiro atoms. The first-order valence-electron chi connectivity index (χ1n) is 2.79. The minimum Gasteiger partial charge on any atom is -0.460 e. The van der Waals surface area contributed by atoms with Crippen LogP contribution in [0.5, 0.6) is 0 Å². The van der Waals surface area contributed by atoms with Crippen molar-refractivity contribution in [2.45, 2.75) is 19.4 Å². The Labute approximate surface area is 48.5 Å². The van der Waals surface area contributed by atoms with Crippen LogP contribution in [0.2, 0.25) is 0 Å². The quantitative estimate of drug-likeness (QED) is 0.526. The molecule has 1 heterocycles. The fraction of sp³-hybridized carbons (Fsp3) is 0.800. The van der Waals surface area contributed by atoms with E-state index < -0.39 is 0 Å². The van der Waals surface area contributed by atoms with Gasteiger partial charge in [-0.25, -0.2) is 4.99 Å². The second-order valence-corrected chi connectivity index (χ2v) is 1.83. The van der Waals surface area contributed by atoms with Crippen molar-refractivity contribution in [3.05, 3.63) is 0 Å². The molecule has 1 aliphatic rings. The third kappa shape index (κ3) is 0.911. The molecule has 1 atom stereocenters. The lowest BCUT2D eigenvalue weighted by atomic mass is 10.3. The Kier molecular flexibility index (Phi) is 1.37. The largest absolute Gasteiger partial charge is 0.460 e. The molecule has 3 nitrogen and oxygen atoms in total. The van der Waals surface area contributed by atoms with Crippen molar-refractivity contribution >= 4 is 6.02 Å². The van der Waals surface area contributed by atoms with E-state index in [2.05, 4.69) is 11.9 Å². The highest BCUT2D eigenvalue weighted by atomic mass is 16.5. The Morgan fingerprint density at radius 1 is 2.00 bits per heavy atom. The van der Waals surface area contributed by atoms with Gasteiger partial charge in [-0.05, 0) is 6.42 Å². The topological polar surface area (TPSA) is 47.6 Å². The summed E-state index contributed by atoms with van der Waals surface area (Å²) >= 11 is 0. The third-order valence-electron chi connectivity index (χ3n) is 1.19. The third-order valence-corrected chi connectivity index (χ3v) is 1.19. The molecule has 0 unspecified atom stereocenters. The van der Waals surface area contributed by atoms with Crippen LogP contribution in [0.1, 0.15) is 13.3 Å². The molecule has 0 saturated carbocycles. The lowest BCUT2D eigenvalue weighted by Gasteiger charge is -2.03. The zero-order valence-corrected chi connectivity index (χ0v) is 4.92. The van der Waals surface area contributed by atoms with Crippen molar-refractivity contribution in [3.63, 3.8) is 0 Å². The van der Waals surface area contributed by atoms with Crippen LogP contribution in [0.15, 0.2) is 4.99 Å². The van der Waals surface area contributed by atoms with Crippen molar-refractivity contribution in [2.75, 3.05) is 6.54 Å². The number of nitrogens with zero attached hydrogens (tertiary/aromatic N) is 1. The van der Waals surface area contributed by atoms with Crippen LogP contribution in [0.25, 0.3) is 0 Å². The molecule has 0 amide bonds. The van der Waals surface area contributed by atoms with E-state index in [0.717, 1.165) is 13.0 Å². The van der Waals surface area contributed by atoms with E-state index in [4.69, 9.17) is 10.5 Å². The van der Waals surface area contributed by atoms with Crippen LogP contribution in [-0.4, -0.2) is 18.7 Å². The number of hydrogen-bond acceptors (Lipinski definition) is 3. The molecular weight excluding hydrogens is 104 g/mol. The lowest BCUT2D eigenvalue weighted by molar-refractivity contribution is 0.216. The molecule has 2 N–H and O–H groups in total. The van der Waals surface area contributed by atoms with Crippen LogP contribution >= 0.6 is 0 Å². The van der Waals surface area contributed by atoms with Gasteiger partial charge >= 0.3 is 0 Å². The van der Waals surface area contributed by atoms with Crippen molar-refractivity contribution in [1.29, 1.82) is 0 Å². The minimum atomic E-state index is 0.245. The summed E-state index contributed by atoms with van der Waals surface area (Å²) in [6.45, 7) is 2.79. The van der Waals surface area contributed by atoms with Gasteiger partial charge in [0.15, 0.2) is 0 Å². The van der Waals surface area contributed by atoms with E-state index in [1.165, 1.54) is 0 Å². The maximum Gasteiger partial charge on any atom is 0.282 e. The average Bonchev–Trinajstić information content (AvgIpc) is 2.14. The summed E-state index contributed by atoms with van der Waals surface area (Å²) in [7, 11) is 0. The van der Waals surface area contributed by atoms with Gasteiger partial charge in [0.05, 0.1) is 6.54 Å². The summed E-state index contributed by atoms with van der Waals surface area (Å²) in [4.78, 5) is 3.86. The Morgan fingerprint density at radius 2 is 2.75 bits per heavy atom. The zero-order valence-electron chi connectivity index (χ0n) is 4.92. The predicted molar refractivity (Wildman–Crippen MR) is 31.7 cm³/mol. The number of aliphatic imine (C=N–C) groups is 1. The second-order valence-electron chi connectivity index (χ2n) is 1.83. The summed E-state index contributed by atoms with van der Waals surface area (Å²) in [6, 6.07) is 0.344. The van der Waals surface area contributed by atoms with Gasteiger partial charge in [-0.15, -0.1) is 0 Å². The molecule has 0 aromatic heterocycles. The highest BCUT2D eigenvalue weighted by Gasteiger charge is 2.13. The molecule has 0 saturated heterocycles. The molecule has 0 bridgehead atoms. The summed E-state index contributed by atoms with van der Waals surface area (Å²) in [5, 5.41) is 0. The van der Waals surface area contributed by atoms with Crippen molar-refractivity contribution in [3.8, 4) is 0 Å². The Balaban J connectivity index is 2.32. The number of rotatable bonds is 1. The standard InChI is InChI=1S/C5H10N2O/c1-2-4-3-7-5(6)8-4/h4H,2-3H2,1H3,(H2,6,7)/t4-/m1/s1. The van der Waals surface area contributed by atoms with Gasteiger partial charge in [0.2, 0.25) is 0 Å². The van der Waals surface area contributed by atoms with Gasteiger partial charge in [0.1, 0.15) is 6.10 Å². The smallest absolute Gasteiger partial charge is 0.282 e. The highest BCUT2D eigenvalue weighted by molar-refractivity contribution is 5.72. The van der Waals surface area contributed by atoms with E-state index >= 15 is 0 Å². The number of nitrogens with two attached hydrogens (primary N) is 1. The van der Waals surface area contributed by atoms with Crippen LogP contribution < -0.4 is 5.73 Å². The molecule has 1 rings (SSSR count). The first-order chi connectivity index (χ1) is 3.83. The molecule has 0 aliphatic carbocycles. The first kappa shape index (κ1) is 5.41. The SMILES string of the molecule is CC[C@@H]1CN=C(N)O1. The lowest BCUT2D eigenvalue weighted by Crippen LogP contribution is -2.16. The molecule has 0 aromatic rings. The molecule has 0 aromatic carbocycles. The van der Waals surface area contributed by atoms with Crippen LogP contribution in [0, 0.1) is 0 Å². The Morgan fingerprint density at radius 3 is 3.00 bits per heavy atom. The van der Waals surface area contributed by atoms with Crippen molar-refractivity contribution in [1.82, 2.24) is 0 Å². The van der Waals surface area contributed by atoms with E-state index in [-0.39, 0.29) is 6.10 Å². The first-order valence-corrected chi connectivity index (χ1v) is 2.79. The van der Waals surface area contributed by atoms with Crippen LogP contribution in [-0.2, 0) is 4.74 Å². The zero-order chi connectivity index (χ0) is 5.98. The fourth-order valence-corrected chi connectivity index (χ4v) is 0.650. The molecule has 1 aliphatic heterocycles. The monoisotopic (exact) mass is 114 g/mol. The number of hydrogen-bond donors (Lipinski definition) is 1. The average molecular weight is 114 g/mol. The van der Waals surface area contributed by atoms with Crippen LogP contribution in [0.4, 0.5) is 0 Å². The maximum absolute atomic E-state index is 5.23. The van der Waals surface area contributed by atoms with E-state index in [0.29, 0.717) is 6.02 Å². The normalized spacial score (nSPS) is 27.1. The summed E-state index contributed by atoms with van der Waals surface area (Å²) < 4.78 is 5.04. The molecule has 8 heavy (non-hydrogen) atoms. The van der Waals surface area contributed by atoms with E-state index in [1.54, 1.807) is 0 Å². The molecule has 46 valence electrons. The van der Waals surface area contributed by atoms with Gasteiger partial charge in [-0.2, -0.15) is 0 Å². The number of ether oxygens (including phenoxy) is 1. The summed E-state index contributed by atoms with van der Waals surface area (Å²) in [5.74, 6) is 0. The predicted octanol–water partition coefficient (Wildman–Crippen LogP) is 0.110.